The Balaban J connectivity index is 2.45. The molecule has 1 aliphatic rings. The van der Waals surface area contributed by atoms with Crippen LogP contribution in [0.2, 0.25) is 0 Å². The molecule has 0 bridgehead atoms. The molecule has 0 spiro atoms. The minimum absolute atomic E-state index is 0.0167. The number of ether oxygens (including phenoxy) is 1. The van der Waals surface area contributed by atoms with Crippen LogP contribution in [0.15, 0.2) is 27.7 Å². The summed E-state index contributed by atoms with van der Waals surface area (Å²) < 4.78 is 58.6. The van der Waals surface area contributed by atoms with Crippen LogP contribution < -0.4 is 0 Å². The van der Waals surface area contributed by atoms with Crippen molar-refractivity contribution in [3.05, 3.63) is 34.1 Å². The van der Waals surface area contributed by atoms with Crippen LogP contribution in [0.5, 0.6) is 0 Å². The molecule has 0 aliphatic carbocycles. The lowest BCUT2D eigenvalue weighted by atomic mass is 9.90. The van der Waals surface area contributed by atoms with Crippen molar-refractivity contribution in [2.45, 2.75) is 11.1 Å². The van der Waals surface area contributed by atoms with Gasteiger partial charge in [-0.1, -0.05) is 15.9 Å². The smallest absolute Gasteiger partial charge is 0.159 e. The number of halogens is 5. The Morgan fingerprint density at radius 1 is 1.20 bits per heavy atom. The molecule has 0 aromatic heterocycles. The van der Waals surface area contributed by atoms with Crippen LogP contribution in [0.1, 0.15) is 5.56 Å². The van der Waals surface area contributed by atoms with Gasteiger partial charge in [0.1, 0.15) is 31.4 Å². The molecule has 1 heterocycles. The van der Waals surface area contributed by atoms with E-state index in [0.29, 0.717) is 4.47 Å². The van der Waals surface area contributed by atoms with E-state index in [4.69, 9.17) is 4.74 Å². The fourth-order valence-electron chi connectivity index (χ4n) is 1.91. The third kappa shape index (κ3) is 2.61. The number of rotatable bonds is 4. The third-order valence-electron chi connectivity index (χ3n) is 3.25. The first-order valence-corrected chi connectivity index (χ1v) is 6.64. The van der Waals surface area contributed by atoms with E-state index >= 15 is 0 Å². The van der Waals surface area contributed by atoms with Crippen LogP contribution in [0.4, 0.5) is 17.6 Å². The number of hydrogen-bond acceptors (Lipinski definition) is 2. The van der Waals surface area contributed by atoms with E-state index in [0.717, 1.165) is 6.21 Å². The minimum Gasteiger partial charge on any atom is -0.361 e. The number of nitrogens with zero attached hydrogens (tertiary/aromatic N) is 1. The molecule has 110 valence electrons. The maximum absolute atomic E-state index is 13.9. The molecule has 2 nitrogen and oxygen atoms in total. The number of benzene rings is 1. The average molecular weight is 354 g/mol. The van der Waals surface area contributed by atoms with Crippen molar-refractivity contribution in [3.8, 4) is 0 Å². The summed E-state index contributed by atoms with van der Waals surface area (Å²) in [6.45, 7) is -3.70. The Kier molecular flexibility index (Phi) is 4.49. The maximum Gasteiger partial charge on any atom is 0.159 e. The van der Waals surface area contributed by atoms with Gasteiger partial charge in [0.05, 0.1) is 6.61 Å². The van der Waals surface area contributed by atoms with Gasteiger partial charge in [-0.3, -0.25) is 4.99 Å². The van der Waals surface area contributed by atoms with Gasteiger partial charge < -0.3 is 4.74 Å². The molecule has 0 saturated heterocycles. The van der Waals surface area contributed by atoms with E-state index in [9.17, 15) is 17.6 Å². The lowest BCUT2D eigenvalue weighted by Gasteiger charge is -2.37. The third-order valence-corrected chi connectivity index (χ3v) is 3.74. The van der Waals surface area contributed by atoms with Crippen LogP contribution in [0.25, 0.3) is 0 Å². The Morgan fingerprint density at radius 3 is 2.40 bits per heavy atom. The van der Waals surface area contributed by atoms with E-state index in [1.54, 1.807) is 0 Å². The summed E-state index contributed by atoms with van der Waals surface area (Å²) in [5, 5.41) is 0. The van der Waals surface area contributed by atoms with Crippen LogP contribution >= 0.6 is 15.9 Å². The van der Waals surface area contributed by atoms with Crippen molar-refractivity contribution in [2.75, 3.05) is 26.6 Å². The summed E-state index contributed by atoms with van der Waals surface area (Å²) >= 11 is 3.16. The summed E-state index contributed by atoms with van der Waals surface area (Å²) in [6, 6.07) is 4.01. The van der Waals surface area contributed by atoms with Crippen LogP contribution in [-0.2, 0) is 10.3 Å². The highest BCUT2D eigenvalue weighted by Gasteiger charge is 2.44. The molecule has 0 unspecified atom stereocenters. The number of hydrogen-bond donors (Lipinski definition) is 0. The topological polar surface area (TPSA) is 21.6 Å². The Hall–Kier alpha value is -0.950. The van der Waals surface area contributed by atoms with Gasteiger partial charge in [0.25, 0.3) is 0 Å². The SMILES string of the molecule is FCC1(CF)C=N[C@](CF)(c2cc(Br)ccc2F)CO1. The maximum atomic E-state index is 13.9. The van der Waals surface area contributed by atoms with Gasteiger partial charge in [-0.15, -0.1) is 0 Å². The first-order chi connectivity index (χ1) is 9.51. The van der Waals surface area contributed by atoms with Gasteiger partial charge in [-0.2, -0.15) is 0 Å². The first-order valence-electron chi connectivity index (χ1n) is 5.85. The van der Waals surface area contributed by atoms with Gasteiger partial charge in [0.15, 0.2) is 5.60 Å². The molecule has 1 aromatic carbocycles. The molecule has 0 saturated carbocycles. The molecule has 1 aliphatic heterocycles. The predicted molar refractivity (Wildman–Crippen MR) is 70.9 cm³/mol. The number of alkyl halides is 3. The van der Waals surface area contributed by atoms with Crippen molar-refractivity contribution in [1.82, 2.24) is 0 Å². The molecule has 1 aromatic rings. The molecule has 0 amide bonds. The van der Waals surface area contributed by atoms with Crippen molar-refractivity contribution in [1.29, 1.82) is 0 Å². The quantitative estimate of drug-likeness (QED) is 0.758. The minimum atomic E-state index is -1.79. The van der Waals surface area contributed by atoms with Gasteiger partial charge >= 0.3 is 0 Å². The molecular weight excluding hydrogens is 342 g/mol. The van der Waals surface area contributed by atoms with Gasteiger partial charge in [0, 0.05) is 16.3 Å². The van der Waals surface area contributed by atoms with E-state index in [1.165, 1.54) is 18.2 Å². The molecule has 2 rings (SSSR count). The highest BCUT2D eigenvalue weighted by molar-refractivity contribution is 9.10. The molecule has 0 radical (unpaired) electrons. The van der Waals surface area contributed by atoms with Gasteiger partial charge in [0.2, 0.25) is 0 Å². The summed E-state index contributed by atoms with van der Waals surface area (Å²) in [6.07, 6.45) is 0.899. The van der Waals surface area contributed by atoms with E-state index in [2.05, 4.69) is 20.9 Å². The zero-order valence-electron chi connectivity index (χ0n) is 10.4. The molecular formula is C13H12BrF4NO. The molecule has 20 heavy (non-hydrogen) atoms. The normalized spacial score (nSPS) is 24.9. The van der Waals surface area contributed by atoms with Crippen LogP contribution in [0.3, 0.4) is 0 Å². The Bertz CT molecular complexity index is 521. The van der Waals surface area contributed by atoms with Gasteiger partial charge in [-0.25, -0.2) is 17.6 Å². The lowest BCUT2D eigenvalue weighted by Crippen LogP contribution is -2.50. The fourth-order valence-corrected chi connectivity index (χ4v) is 2.27. The highest BCUT2D eigenvalue weighted by Crippen LogP contribution is 2.35. The Morgan fingerprint density at radius 2 is 1.90 bits per heavy atom. The van der Waals surface area contributed by atoms with E-state index in [1.807, 2.05) is 0 Å². The summed E-state index contributed by atoms with van der Waals surface area (Å²) in [5.41, 5.74) is -3.42. The van der Waals surface area contributed by atoms with Crippen molar-refractivity contribution in [2.24, 2.45) is 4.99 Å². The second-order valence-corrected chi connectivity index (χ2v) is 5.58. The van der Waals surface area contributed by atoms with Crippen molar-refractivity contribution >= 4 is 22.1 Å². The van der Waals surface area contributed by atoms with E-state index in [-0.39, 0.29) is 5.56 Å². The molecule has 0 N–H and O–H groups in total. The average Bonchev–Trinajstić information content (AvgIpc) is 2.50. The Labute approximate surface area is 122 Å². The largest absolute Gasteiger partial charge is 0.361 e. The van der Waals surface area contributed by atoms with Crippen LogP contribution in [0, 0.1) is 5.82 Å². The van der Waals surface area contributed by atoms with Crippen molar-refractivity contribution < 1.29 is 22.3 Å². The number of aliphatic imine (C=N–C) groups is 1. The summed E-state index contributed by atoms with van der Waals surface area (Å²) in [7, 11) is 0. The lowest BCUT2D eigenvalue weighted by molar-refractivity contribution is -0.0595. The molecule has 7 heteroatoms. The second-order valence-electron chi connectivity index (χ2n) is 4.67. The van der Waals surface area contributed by atoms with E-state index < -0.39 is 43.6 Å². The van der Waals surface area contributed by atoms with Crippen LogP contribution in [-0.4, -0.2) is 38.4 Å². The summed E-state index contributed by atoms with van der Waals surface area (Å²) in [5.74, 6) is -0.653. The zero-order valence-corrected chi connectivity index (χ0v) is 12.0. The highest BCUT2D eigenvalue weighted by atomic mass is 79.9. The molecule has 1 atom stereocenters. The van der Waals surface area contributed by atoms with Crippen molar-refractivity contribution in [3.63, 3.8) is 0 Å². The zero-order chi connectivity index (χ0) is 14.8. The second kappa shape index (κ2) is 5.81. The molecule has 0 fully saturated rings. The monoisotopic (exact) mass is 353 g/mol. The van der Waals surface area contributed by atoms with Gasteiger partial charge in [-0.05, 0) is 18.2 Å². The standard InChI is InChI=1S/C13H12BrF4NO/c14-9-1-2-11(18)10(3-9)13(6-17)8-20-12(4-15,5-16)7-19-13/h1-3,7H,4-6,8H2/t13-/m0/s1. The predicted octanol–water partition coefficient (Wildman–Crippen LogP) is 3.53. The summed E-state index contributed by atoms with van der Waals surface area (Å²) in [4.78, 5) is 3.88. The fraction of sp³-hybridized carbons (Fsp3) is 0.462. The first kappa shape index (κ1) is 15.4.